The average Bonchev–Trinajstić information content (AvgIpc) is 2.51. The van der Waals surface area contributed by atoms with Crippen LogP contribution in [0.25, 0.3) is 5.65 Å². The van der Waals surface area contributed by atoms with Gasteiger partial charge in [-0.3, -0.25) is 9.20 Å². The summed E-state index contributed by atoms with van der Waals surface area (Å²) in [6, 6.07) is 12.2. The maximum absolute atomic E-state index is 12.5. The summed E-state index contributed by atoms with van der Waals surface area (Å²) in [7, 11) is 0. The fourth-order valence-corrected chi connectivity index (χ4v) is 2.34. The van der Waals surface area contributed by atoms with Gasteiger partial charge in [-0.2, -0.15) is 0 Å². The van der Waals surface area contributed by atoms with Crippen molar-refractivity contribution in [3.05, 3.63) is 70.3 Å². The number of carbonyl (C=O) groups excluding carboxylic acids is 1. The molecule has 6 nitrogen and oxygen atoms in total. The molecule has 0 unspecified atom stereocenters. The zero-order valence-corrected chi connectivity index (χ0v) is 12.8. The van der Waals surface area contributed by atoms with Crippen molar-refractivity contribution in [3.63, 3.8) is 0 Å². The van der Waals surface area contributed by atoms with Gasteiger partial charge in [0.05, 0.1) is 5.69 Å². The summed E-state index contributed by atoms with van der Waals surface area (Å²) in [5.74, 6) is 0. The van der Waals surface area contributed by atoms with E-state index in [0.717, 1.165) is 5.56 Å². The molecule has 2 aromatic heterocycles. The van der Waals surface area contributed by atoms with E-state index in [1.807, 2.05) is 25.1 Å². The Hall–Kier alpha value is -3.15. The maximum atomic E-state index is 12.5. The highest BCUT2D eigenvalue weighted by molar-refractivity contribution is 6.00. The van der Waals surface area contributed by atoms with Crippen molar-refractivity contribution in [3.8, 4) is 0 Å². The third kappa shape index (κ3) is 3.06. The molecule has 2 heterocycles. The minimum Gasteiger partial charge on any atom is -0.308 e. The molecule has 1 aromatic carbocycles. The Morgan fingerprint density at radius 1 is 1.09 bits per heavy atom. The van der Waals surface area contributed by atoms with Crippen LogP contribution in [0, 0.1) is 13.8 Å². The van der Waals surface area contributed by atoms with Crippen LogP contribution in [-0.2, 0) is 0 Å². The minimum absolute atomic E-state index is 0.166. The molecule has 0 saturated carbocycles. The van der Waals surface area contributed by atoms with E-state index in [9.17, 15) is 9.59 Å². The smallest absolute Gasteiger partial charge is 0.308 e. The monoisotopic (exact) mass is 308 g/mol. The number of carbonyl (C=O) groups is 1. The number of rotatable bonds is 2. The van der Waals surface area contributed by atoms with Crippen LogP contribution in [-0.4, -0.2) is 15.4 Å². The van der Waals surface area contributed by atoms with Crippen molar-refractivity contribution >= 4 is 23.1 Å². The van der Waals surface area contributed by atoms with Crippen molar-refractivity contribution in [2.45, 2.75) is 13.8 Å². The molecule has 0 atom stereocenters. The van der Waals surface area contributed by atoms with Gasteiger partial charge in [-0.05, 0) is 43.7 Å². The molecule has 3 rings (SSSR count). The Morgan fingerprint density at radius 2 is 1.91 bits per heavy atom. The van der Waals surface area contributed by atoms with Crippen molar-refractivity contribution in [2.75, 3.05) is 10.6 Å². The number of pyridine rings is 1. The van der Waals surface area contributed by atoms with Gasteiger partial charge in [-0.15, -0.1) is 0 Å². The fraction of sp³-hybridized carbons (Fsp3) is 0.118. The van der Waals surface area contributed by atoms with E-state index in [2.05, 4.69) is 15.6 Å². The second kappa shape index (κ2) is 5.92. The molecule has 0 spiro atoms. The number of anilines is 2. The second-order valence-corrected chi connectivity index (χ2v) is 5.25. The summed E-state index contributed by atoms with van der Waals surface area (Å²) >= 11 is 0. The summed E-state index contributed by atoms with van der Waals surface area (Å²) < 4.78 is 1.40. The Kier molecular flexibility index (Phi) is 3.80. The molecule has 116 valence electrons. The molecule has 0 bridgehead atoms. The van der Waals surface area contributed by atoms with Crippen LogP contribution in [0.5, 0.6) is 0 Å². The second-order valence-electron chi connectivity index (χ2n) is 5.25. The summed E-state index contributed by atoms with van der Waals surface area (Å²) in [4.78, 5) is 28.9. The largest absolute Gasteiger partial charge is 0.323 e. The van der Waals surface area contributed by atoms with Gasteiger partial charge in [0, 0.05) is 11.9 Å². The van der Waals surface area contributed by atoms with Gasteiger partial charge in [0.15, 0.2) is 0 Å². The predicted octanol–water partition coefficient (Wildman–Crippen LogP) is 2.96. The quantitative estimate of drug-likeness (QED) is 0.764. The first-order valence-corrected chi connectivity index (χ1v) is 7.17. The van der Waals surface area contributed by atoms with Crippen molar-refractivity contribution < 1.29 is 4.79 Å². The average molecular weight is 308 g/mol. The molecular weight excluding hydrogens is 292 g/mol. The number of aryl methyl sites for hydroxylation is 2. The van der Waals surface area contributed by atoms with E-state index in [0.29, 0.717) is 17.0 Å². The van der Waals surface area contributed by atoms with Gasteiger partial charge >= 0.3 is 6.03 Å². The van der Waals surface area contributed by atoms with Crippen molar-refractivity contribution in [1.82, 2.24) is 9.38 Å². The first-order chi connectivity index (χ1) is 11.0. The topological polar surface area (TPSA) is 75.5 Å². The number of amides is 2. The zero-order valence-electron chi connectivity index (χ0n) is 12.8. The minimum atomic E-state index is -0.478. The number of urea groups is 1. The highest BCUT2D eigenvalue weighted by Crippen LogP contribution is 2.12. The van der Waals surface area contributed by atoms with Crippen LogP contribution >= 0.6 is 0 Å². The molecule has 0 radical (unpaired) electrons. The van der Waals surface area contributed by atoms with Crippen LogP contribution in [0.3, 0.4) is 0 Å². The number of nitrogens with zero attached hydrogens (tertiary/aromatic N) is 2. The van der Waals surface area contributed by atoms with Crippen LogP contribution in [0.4, 0.5) is 16.2 Å². The van der Waals surface area contributed by atoms with Gasteiger partial charge in [0.1, 0.15) is 11.3 Å². The van der Waals surface area contributed by atoms with Crippen LogP contribution in [0.15, 0.2) is 53.5 Å². The molecule has 0 aliphatic rings. The van der Waals surface area contributed by atoms with Gasteiger partial charge in [-0.25, -0.2) is 9.78 Å². The lowest BCUT2D eigenvalue weighted by Gasteiger charge is -2.10. The van der Waals surface area contributed by atoms with Crippen molar-refractivity contribution in [1.29, 1.82) is 0 Å². The van der Waals surface area contributed by atoms with Gasteiger partial charge in [0.2, 0.25) is 0 Å². The first kappa shape index (κ1) is 14.8. The molecule has 3 aromatic rings. The van der Waals surface area contributed by atoms with E-state index in [4.69, 9.17) is 0 Å². The Bertz CT molecular complexity index is 947. The molecular formula is C17H16N4O2. The zero-order chi connectivity index (χ0) is 16.4. The maximum Gasteiger partial charge on any atom is 0.323 e. The Morgan fingerprint density at radius 3 is 2.70 bits per heavy atom. The molecule has 6 heteroatoms. The number of fused-ring (bicyclic) bond motifs is 1. The summed E-state index contributed by atoms with van der Waals surface area (Å²) in [5.41, 5.74) is 2.56. The lowest BCUT2D eigenvalue weighted by atomic mass is 10.2. The SMILES string of the molecule is Cc1cccc(NC(=O)Nc2c(C)nc3ccccn3c2=O)c1. The van der Waals surface area contributed by atoms with Gasteiger partial charge in [-0.1, -0.05) is 18.2 Å². The third-order valence-corrected chi connectivity index (χ3v) is 3.43. The van der Waals surface area contributed by atoms with Crippen LogP contribution < -0.4 is 16.2 Å². The summed E-state index contributed by atoms with van der Waals surface area (Å²) in [6.07, 6.45) is 1.62. The number of aromatic nitrogens is 2. The van der Waals surface area contributed by atoms with E-state index >= 15 is 0 Å². The standard InChI is InChI=1S/C17H16N4O2/c1-11-6-5-7-13(10-11)19-17(23)20-15-12(2)18-14-8-3-4-9-21(14)16(15)22/h3-10H,1-2H3,(H2,19,20,23). The molecule has 0 aliphatic heterocycles. The van der Waals surface area contributed by atoms with Crippen LogP contribution in [0.1, 0.15) is 11.3 Å². The van der Waals surface area contributed by atoms with Crippen LogP contribution in [0.2, 0.25) is 0 Å². The molecule has 0 fully saturated rings. The molecule has 23 heavy (non-hydrogen) atoms. The highest BCUT2D eigenvalue weighted by atomic mass is 16.2. The summed E-state index contributed by atoms with van der Waals surface area (Å²) in [6.45, 7) is 3.63. The third-order valence-electron chi connectivity index (χ3n) is 3.43. The predicted molar refractivity (Wildman–Crippen MR) is 90.0 cm³/mol. The molecule has 0 saturated heterocycles. The number of hydrogen-bond acceptors (Lipinski definition) is 3. The van der Waals surface area contributed by atoms with E-state index in [1.54, 1.807) is 37.4 Å². The number of nitrogens with one attached hydrogen (secondary N) is 2. The van der Waals surface area contributed by atoms with Crippen molar-refractivity contribution in [2.24, 2.45) is 0 Å². The lowest BCUT2D eigenvalue weighted by molar-refractivity contribution is 0.262. The first-order valence-electron chi connectivity index (χ1n) is 7.17. The van der Waals surface area contributed by atoms with Gasteiger partial charge in [0.25, 0.3) is 5.56 Å². The van der Waals surface area contributed by atoms with Gasteiger partial charge < -0.3 is 10.6 Å². The Labute approximate surface area is 132 Å². The highest BCUT2D eigenvalue weighted by Gasteiger charge is 2.12. The fourth-order valence-electron chi connectivity index (χ4n) is 2.34. The number of hydrogen-bond donors (Lipinski definition) is 2. The molecule has 2 amide bonds. The Balaban J connectivity index is 1.89. The molecule has 2 N–H and O–H groups in total. The van der Waals surface area contributed by atoms with E-state index < -0.39 is 6.03 Å². The van der Waals surface area contributed by atoms with E-state index in [1.165, 1.54) is 4.40 Å². The van der Waals surface area contributed by atoms with E-state index in [-0.39, 0.29) is 11.2 Å². The molecule has 0 aliphatic carbocycles. The lowest BCUT2D eigenvalue weighted by Crippen LogP contribution is -2.27. The summed E-state index contributed by atoms with van der Waals surface area (Å²) in [5, 5.41) is 5.30. The number of benzene rings is 1. The normalized spacial score (nSPS) is 10.5.